The van der Waals surface area contributed by atoms with Gasteiger partial charge in [-0.05, 0) is 87.4 Å². The van der Waals surface area contributed by atoms with Gasteiger partial charge in [0.05, 0.1) is 45.5 Å². The topological polar surface area (TPSA) is 169 Å². The van der Waals surface area contributed by atoms with Crippen LogP contribution < -0.4 is 28.2 Å². The van der Waals surface area contributed by atoms with E-state index in [-0.39, 0.29) is 53.1 Å². The van der Waals surface area contributed by atoms with Crippen LogP contribution in [0.5, 0.6) is 0 Å². The van der Waals surface area contributed by atoms with Crippen molar-refractivity contribution >= 4 is 5.69 Å². The van der Waals surface area contributed by atoms with Gasteiger partial charge in [-0.1, -0.05) is 26.0 Å². The van der Waals surface area contributed by atoms with Gasteiger partial charge in [0.25, 0.3) is 11.1 Å². The molecule has 3 heterocycles. The summed E-state index contributed by atoms with van der Waals surface area (Å²) < 4.78 is 84.1. The SMILES string of the molecule is CCCn1c(=O)c(-n2cnnc2-c2ccc(C#N)cc2)c(C)n(-c2cccc(C(F)(F)F)c2)c1=O.CCCn1c(=O)c(N)c(C)n(-c2cccc(C(F)(F)F)c2)c1=O. The molecule has 0 aliphatic heterocycles. The second kappa shape index (κ2) is 16.6. The summed E-state index contributed by atoms with van der Waals surface area (Å²) in [4.78, 5) is 51.3. The molecule has 19 heteroatoms. The molecule has 6 rings (SSSR count). The van der Waals surface area contributed by atoms with Crippen molar-refractivity contribution < 1.29 is 26.3 Å². The number of hydrogen-bond acceptors (Lipinski definition) is 8. The highest BCUT2D eigenvalue weighted by Crippen LogP contribution is 2.32. The maximum atomic E-state index is 13.4. The third kappa shape index (κ3) is 8.26. The van der Waals surface area contributed by atoms with Crippen LogP contribution in [0.3, 0.4) is 0 Å². The Hall–Kier alpha value is -6.97. The average molecular weight is 808 g/mol. The third-order valence-corrected chi connectivity index (χ3v) is 8.99. The van der Waals surface area contributed by atoms with Gasteiger partial charge in [-0.15, -0.1) is 10.2 Å². The van der Waals surface area contributed by atoms with Crippen molar-refractivity contribution in [1.29, 1.82) is 5.26 Å². The van der Waals surface area contributed by atoms with Crippen molar-refractivity contribution in [3.8, 4) is 34.5 Å². The maximum absolute atomic E-state index is 13.4. The molecule has 0 atom stereocenters. The van der Waals surface area contributed by atoms with E-state index in [1.807, 2.05) is 6.07 Å². The molecule has 3 aromatic carbocycles. The molecule has 13 nitrogen and oxygen atoms in total. The zero-order valence-electron chi connectivity index (χ0n) is 31.4. The molecule has 0 fully saturated rings. The molecule has 0 saturated heterocycles. The largest absolute Gasteiger partial charge is 0.416 e. The molecular weight excluding hydrogens is 772 g/mol. The fourth-order valence-corrected chi connectivity index (χ4v) is 6.17. The zero-order valence-corrected chi connectivity index (χ0v) is 31.4. The molecule has 0 amide bonds. The lowest BCUT2D eigenvalue weighted by Crippen LogP contribution is -2.42. The van der Waals surface area contributed by atoms with Gasteiger partial charge in [-0.3, -0.25) is 32.4 Å². The quantitative estimate of drug-likeness (QED) is 0.178. The molecule has 0 aliphatic rings. The van der Waals surface area contributed by atoms with E-state index in [1.165, 1.54) is 49.0 Å². The van der Waals surface area contributed by atoms with Crippen molar-refractivity contribution in [3.05, 3.63) is 149 Å². The number of aromatic nitrogens is 7. The van der Waals surface area contributed by atoms with Crippen LogP contribution in [0, 0.1) is 25.2 Å². The summed E-state index contributed by atoms with van der Waals surface area (Å²) in [6.45, 7) is 6.67. The number of hydrogen-bond donors (Lipinski definition) is 1. The Bertz CT molecular complexity index is 2770. The Morgan fingerprint density at radius 2 is 1.19 bits per heavy atom. The Labute approximate surface area is 325 Å². The number of anilines is 1. The number of rotatable bonds is 8. The standard InChI is InChI=1S/C24H19F3N6O2.C15H16F3N3O2/c1-3-11-31-22(34)20(32-14-29-30-21(32)17-9-7-16(13-28)8-10-17)15(2)33(23(31)35)19-6-4-5-18(12-19)24(25,26)27;1-3-7-20-13(22)12(19)9(2)21(14(20)23)11-6-4-5-10(8-11)15(16,17)18/h4-10,12,14H,3,11H2,1-2H3;4-6,8H,3,7,19H2,1-2H3. The van der Waals surface area contributed by atoms with Crippen molar-refractivity contribution in [2.75, 3.05) is 5.73 Å². The van der Waals surface area contributed by atoms with Crippen LogP contribution in [-0.2, 0) is 25.4 Å². The van der Waals surface area contributed by atoms with Gasteiger partial charge in [0.1, 0.15) is 17.7 Å². The van der Waals surface area contributed by atoms with Crippen molar-refractivity contribution in [2.24, 2.45) is 0 Å². The molecule has 6 aromatic rings. The first-order valence-corrected chi connectivity index (χ1v) is 17.6. The second-order valence-electron chi connectivity index (χ2n) is 12.9. The Balaban J connectivity index is 0.000000242. The van der Waals surface area contributed by atoms with Crippen LogP contribution in [-0.4, -0.2) is 33.0 Å². The van der Waals surface area contributed by atoms with Gasteiger partial charge in [0.15, 0.2) is 5.82 Å². The van der Waals surface area contributed by atoms with Crippen molar-refractivity contribution in [2.45, 2.75) is 66.0 Å². The molecule has 0 aliphatic carbocycles. The fourth-order valence-electron chi connectivity index (χ4n) is 6.17. The number of nitrogen functional groups attached to an aromatic ring is 1. The number of alkyl halides is 6. The van der Waals surface area contributed by atoms with Crippen LogP contribution in [0.2, 0.25) is 0 Å². The number of benzene rings is 3. The lowest BCUT2D eigenvalue weighted by atomic mass is 10.1. The van der Waals surface area contributed by atoms with E-state index >= 15 is 0 Å². The third-order valence-electron chi connectivity index (χ3n) is 8.99. The number of nitrogens with zero attached hydrogens (tertiary/aromatic N) is 8. The lowest BCUT2D eigenvalue weighted by Gasteiger charge is -2.19. The van der Waals surface area contributed by atoms with E-state index < -0.39 is 46.0 Å². The second-order valence-corrected chi connectivity index (χ2v) is 12.9. The van der Waals surface area contributed by atoms with Crippen molar-refractivity contribution in [1.82, 2.24) is 33.0 Å². The summed E-state index contributed by atoms with van der Waals surface area (Å²) in [7, 11) is 0. The molecule has 0 saturated carbocycles. The van der Waals surface area contributed by atoms with E-state index in [1.54, 1.807) is 38.1 Å². The summed E-state index contributed by atoms with van der Waals surface area (Å²) in [5, 5.41) is 17.1. The predicted molar refractivity (Wildman–Crippen MR) is 202 cm³/mol. The minimum atomic E-state index is -4.61. The molecular formula is C39H35F6N9O4. The molecule has 0 radical (unpaired) electrons. The fraction of sp³-hybridized carbons (Fsp3) is 0.256. The van der Waals surface area contributed by atoms with Gasteiger partial charge in [0.2, 0.25) is 0 Å². The van der Waals surface area contributed by atoms with Crippen LogP contribution in [0.25, 0.3) is 28.5 Å². The van der Waals surface area contributed by atoms with E-state index in [4.69, 9.17) is 11.0 Å². The van der Waals surface area contributed by atoms with E-state index in [2.05, 4.69) is 10.2 Å². The number of halogens is 6. The Morgan fingerprint density at radius 3 is 1.66 bits per heavy atom. The number of nitriles is 1. The van der Waals surface area contributed by atoms with E-state index in [0.29, 0.717) is 24.0 Å². The summed E-state index contributed by atoms with van der Waals surface area (Å²) in [5.74, 6) is 0.270. The highest BCUT2D eigenvalue weighted by Gasteiger charge is 2.32. The molecule has 0 bridgehead atoms. The normalized spacial score (nSPS) is 11.5. The summed E-state index contributed by atoms with van der Waals surface area (Å²) in [6, 6.07) is 17.2. The number of nitrogens with two attached hydrogens (primary N) is 1. The average Bonchev–Trinajstić information content (AvgIpc) is 3.67. The first kappa shape index (κ1) is 42.2. The van der Waals surface area contributed by atoms with Gasteiger partial charge in [-0.25, -0.2) is 9.59 Å². The monoisotopic (exact) mass is 807 g/mol. The summed E-state index contributed by atoms with van der Waals surface area (Å²) in [6.07, 6.45) is -6.87. The van der Waals surface area contributed by atoms with Gasteiger partial charge in [0, 0.05) is 18.7 Å². The van der Waals surface area contributed by atoms with E-state index in [9.17, 15) is 45.5 Å². The summed E-state index contributed by atoms with van der Waals surface area (Å²) in [5.41, 5.74) is 2.32. The lowest BCUT2D eigenvalue weighted by molar-refractivity contribution is -0.138. The first-order valence-electron chi connectivity index (χ1n) is 17.6. The molecule has 3 aromatic heterocycles. The highest BCUT2D eigenvalue weighted by atomic mass is 19.4. The Kier molecular flexibility index (Phi) is 12.1. The predicted octanol–water partition coefficient (Wildman–Crippen LogP) is 6.17. The Morgan fingerprint density at radius 1 is 0.707 bits per heavy atom. The molecule has 58 heavy (non-hydrogen) atoms. The molecule has 302 valence electrons. The minimum absolute atomic E-state index is 0.0129. The molecule has 2 N–H and O–H groups in total. The first-order chi connectivity index (χ1) is 27.3. The molecule has 0 spiro atoms. The van der Waals surface area contributed by atoms with Gasteiger partial charge >= 0.3 is 23.7 Å². The maximum Gasteiger partial charge on any atom is 0.416 e. The minimum Gasteiger partial charge on any atom is -0.393 e. The zero-order chi connectivity index (χ0) is 42.7. The van der Waals surface area contributed by atoms with Gasteiger partial charge < -0.3 is 5.73 Å². The highest BCUT2D eigenvalue weighted by molar-refractivity contribution is 5.60. The summed E-state index contributed by atoms with van der Waals surface area (Å²) >= 11 is 0. The van der Waals surface area contributed by atoms with Crippen LogP contribution in [0.4, 0.5) is 32.0 Å². The van der Waals surface area contributed by atoms with Crippen molar-refractivity contribution in [3.63, 3.8) is 0 Å². The van der Waals surface area contributed by atoms with Crippen LogP contribution in [0.1, 0.15) is 54.8 Å². The smallest absolute Gasteiger partial charge is 0.393 e. The van der Waals surface area contributed by atoms with Gasteiger partial charge in [-0.2, -0.15) is 31.6 Å². The van der Waals surface area contributed by atoms with Crippen LogP contribution in [0.15, 0.2) is 98.3 Å². The molecule has 0 unspecified atom stereocenters. The van der Waals surface area contributed by atoms with E-state index in [0.717, 1.165) is 42.5 Å². The van der Waals surface area contributed by atoms with Crippen LogP contribution >= 0.6 is 0 Å².